The third-order valence-electron chi connectivity index (χ3n) is 6.12. The molecule has 0 aliphatic rings. The van der Waals surface area contributed by atoms with E-state index in [9.17, 15) is 4.79 Å². The van der Waals surface area contributed by atoms with Gasteiger partial charge in [0, 0.05) is 6.08 Å². The Morgan fingerprint density at radius 3 is 2.06 bits per heavy atom. The second-order valence-electron chi connectivity index (χ2n) is 10.3. The number of halogens is 1. The van der Waals surface area contributed by atoms with Crippen molar-refractivity contribution >= 4 is 36.9 Å². The van der Waals surface area contributed by atoms with Gasteiger partial charge in [-0.05, 0) is 94.5 Å². The van der Waals surface area contributed by atoms with Gasteiger partial charge >= 0.3 is 5.97 Å². The second-order valence-corrected chi connectivity index (χ2v) is 15.8. The fraction of sp³-hybridized carbons (Fsp3) is 0.667. The fourth-order valence-electron chi connectivity index (χ4n) is 3.07. The van der Waals surface area contributed by atoms with E-state index in [0.717, 1.165) is 38.5 Å². The van der Waals surface area contributed by atoms with Crippen LogP contribution in [0.15, 0.2) is 45.6 Å². The summed E-state index contributed by atoms with van der Waals surface area (Å²) in [7, 11) is -1.83. The van der Waals surface area contributed by atoms with Gasteiger partial charge in [-0.25, -0.2) is 4.79 Å². The molecule has 0 spiro atoms. The minimum absolute atomic E-state index is 0.206. The molecule has 0 saturated carbocycles. The highest BCUT2D eigenvalue weighted by atomic mass is 127. The van der Waals surface area contributed by atoms with Crippen LogP contribution in [0.3, 0.4) is 0 Å². The van der Waals surface area contributed by atoms with E-state index in [1.807, 2.05) is 13.0 Å². The molecule has 0 aliphatic carbocycles. The zero-order chi connectivity index (χ0) is 24.8. The number of hydrogen-bond donors (Lipinski definition) is 0. The Bertz CT molecular complexity index is 684. The molecule has 0 N–H and O–H groups in total. The Hall–Kier alpha value is -0.663. The van der Waals surface area contributed by atoms with Crippen molar-refractivity contribution in [2.75, 3.05) is 6.61 Å². The number of rotatable bonds is 14. The van der Waals surface area contributed by atoms with E-state index < -0.39 is 8.32 Å². The van der Waals surface area contributed by atoms with Crippen LogP contribution in [-0.4, -0.2) is 26.5 Å². The second kappa shape index (κ2) is 15.3. The predicted octanol–water partition coefficient (Wildman–Crippen LogP) is 9.07. The number of esters is 1. The highest BCUT2D eigenvalue weighted by Crippen LogP contribution is 2.40. The monoisotopic (exact) mass is 574 g/mol. The van der Waals surface area contributed by atoms with Gasteiger partial charge in [0.2, 0.25) is 0 Å². The summed E-state index contributed by atoms with van der Waals surface area (Å²) in [6, 6.07) is 0. The summed E-state index contributed by atoms with van der Waals surface area (Å²) >= 11 is 2.30. The maximum Gasteiger partial charge on any atom is 0.330 e. The number of ether oxygens (including phenoxy) is 1. The summed E-state index contributed by atoms with van der Waals surface area (Å²) in [5, 5.41) is 0.206. The smallest absolute Gasteiger partial charge is 0.330 e. The Kier molecular flexibility index (Phi) is 15.0. The van der Waals surface area contributed by atoms with Gasteiger partial charge in [0.1, 0.15) is 0 Å². The molecule has 0 heterocycles. The van der Waals surface area contributed by atoms with Crippen molar-refractivity contribution < 1.29 is 14.0 Å². The molecule has 184 valence electrons. The molecule has 0 bridgehead atoms. The molecule has 0 aliphatic heterocycles. The Morgan fingerprint density at radius 1 is 0.969 bits per heavy atom. The van der Waals surface area contributed by atoms with Crippen LogP contribution in [0, 0.1) is 0 Å². The lowest BCUT2D eigenvalue weighted by molar-refractivity contribution is -0.137. The topological polar surface area (TPSA) is 35.5 Å². The highest BCUT2D eigenvalue weighted by Gasteiger charge is 2.41. The van der Waals surface area contributed by atoms with Gasteiger partial charge in [0.15, 0.2) is 8.32 Å². The van der Waals surface area contributed by atoms with Crippen molar-refractivity contribution in [3.8, 4) is 0 Å². The van der Waals surface area contributed by atoms with Crippen molar-refractivity contribution in [1.82, 2.24) is 0 Å². The third kappa shape index (κ3) is 13.8. The lowest BCUT2D eigenvalue weighted by atomic mass is 9.99. The van der Waals surface area contributed by atoms with Crippen LogP contribution in [-0.2, 0) is 14.0 Å². The quantitative estimate of drug-likeness (QED) is 0.0683. The molecular formula is C27H47IO3Si. The maximum atomic E-state index is 11.3. The lowest BCUT2D eigenvalue weighted by Gasteiger charge is -2.43. The molecule has 0 saturated heterocycles. The molecule has 0 radical (unpaired) electrons. The number of carbonyl (C=O) groups is 1. The van der Waals surface area contributed by atoms with Crippen molar-refractivity contribution in [1.29, 1.82) is 0 Å². The Morgan fingerprint density at radius 2 is 1.53 bits per heavy atom. The van der Waals surface area contributed by atoms with Crippen molar-refractivity contribution in [2.45, 2.75) is 111 Å². The SMILES string of the molecule is CCOC(=O)/C=C\CC/C(C)=C/CC/C(C)=C\CCC(C)(/C=C/I)O[Si](C)(C)C(C)(C)C. The molecule has 3 nitrogen and oxygen atoms in total. The van der Waals surface area contributed by atoms with Gasteiger partial charge in [0.05, 0.1) is 12.2 Å². The summed E-state index contributed by atoms with van der Waals surface area (Å²) < 4.78 is 13.8. The van der Waals surface area contributed by atoms with E-state index in [-0.39, 0.29) is 16.6 Å². The minimum atomic E-state index is -1.83. The van der Waals surface area contributed by atoms with Crippen LogP contribution in [0.2, 0.25) is 18.1 Å². The summed E-state index contributed by atoms with van der Waals surface area (Å²) in [6.07, 6.45) is 16.3. The fourth-order valence-corrected chi connectivity index (χ4v) is 5.48. The van der Waals surface area contributed by atoms with E-state index in [1.165, 1.54) is 17.2 Å². The number of allylic oxidation sites excluding steroid dienone is 5. The van der Waals surface area contributed by atoms with Crippen LogP contribution in [0.5, 0.6) is 0 Å². The van der Waals surface area contributed by atoms with E-state index in [2.05, 4.69) is 99.5 Å². The lowest BCUT2D eigenvalue weighted by Crippen LogP contribution is -2.47. The van der Waals surface area contributed by atoms with E-state index in [0.29, 0.717) is 6.61 Å². The van der Waals surface area contributed by atoms with Crippen molar-refractivity contribution in [3.63, 3.8) is 0 Å². The molecule has 0 aromatic carbocycles. The van der Waals surface area contributed by atoms with Gasteiger partial charge in [-0.1, -0.05) is 72.7 Å². The average molecular weight is 575 g/mol. The first kappa shape index (κ1) is 31.3. The molecule has 5 heteroatoms. The normalized spacial score (nSPS) is 16.1. The number of carbonyl (C=O) groups excluding carboxylic acids is 1. The third-order valence-corrected chi connectivity index (χ3v) is 11.1. The van der Waals surface area contributed by atoms with Gasteiger partial charge in [0.25, 0.3) is 0 Å². The first-order valence-corrected chi connectivity index (χ1v) is 16.0. The van der Waals surface area contributed by atoms with Crippen LogP contribution >= 0.6 is 22.6 Å². The minimum Gasteiger partial charge on any atom is -0.463 e. The zero-order valence-electron chi connectivity index (χ0n) is 22.0. The average Bonchev–Trinajstić information content (AvgIpc) is 2.64. The van der Waals surface area contributed by atoms with Crippen LogP contribution in [0.4, 0.5) is 0 Å². The molecule has 0 rings (SSSR count). The zero-order valence-corrected chi connectivity index (χ0v) is 25.2. The molecule has 0 aromatic rings. The van der Waals surface area contributed by atoms with E-state index >= 15 is 0 Å². The molecule has 0 aromatic heterocycles. The summed E-state index contributed by atoms with van der Waals surface area (Å²) in [5.74, 6) is -0.255. The molecule has 0 fully saturated rings. The van der Waals surface area contributed by atoms with Crippen molar-refractivity contribution in [2.24, 2.45) is 0 Å². The van der Waals surface area contributed by atoms with Crippen LogP contribution < -0.4 is 0 Å². The van der Waals surface area contributed by atoms with Crippen LogP contribution in [0.1, 0.15) is 87.0 Å². The molecule has 32 heavy (non-hydrogen) atoms. The largest absolute Gasteiger partial charge is 0.463 e. The first-order chi connectivity index (χ1) is 14.8. The molecular weight excluding hydrogens is 527 g/mol. The highest BCUT2D eigenvalue weighted by molar-refractivity contribution is 14.1. The Labute approximate surface area is 213 Å². The maximum absolute atomic E-state index is 11.3. The summed E-state index contributed by atoms with van der Waals surface area (Å²) in [5.41, 5.74) is 2.59. The van der Waals surface area contributed by atoms with Gasteiger partial charge in [-0.2, -0.15) is 0 Å². The van der Waals surface area contributed by atoms with Gasteiger partial charge in [-0.15, -0.1) is 0 Å². The number of hydrogen-bond acceptors (Lipinski definition) is 3. The summed E-state index contributed by atoms with van der Waals surface area (Å²) in [6.45, 7) is 20.4. The van der Waals surface area contributed by atoms with Gasteiger partial charge < -0.3 is 9.16 Å². The molecule has 0 amide bonds. The van der Waals surface area contributed by atoms with Gasteiger partial charge in [-0.3, -0.25) is 0 Å². The molecule has 1 unspecified atom stereocenters. The van der Waals surface area contributed by atoms with Crippen LogP contribution in [0.25, 0.3) is 0 Å². The van der Waals surface area contributed by atoms with E-state index in [4.69, 9.17) is 9.16 Å². The molecule has 1 atom stereocenters. The standard InChI is InChI=1S/C27H47IO3Si/c1-10-30-25(29)19-12-11-15-23(2)16-13-17-24(3)18-14-20-27(7,21-22-28)31-32(8,9)26(4,5)6/h12,16,18-19,21-22H,10-11,13-15,17,20H2,1-9H3/b19-12-,22-21+,23-16+,24-18-. The Balaban J connectivity index is 4.59. The first-order valence-electron chi connectivity index (χ1n) is 11.9. The van der Waals surface area contributed by atoms with Crippen molar-refractivity contribution in [3.05, 3.63) is 45.6 Å². The summed E-state index contributed by atoms with van der Waals surface area (Å²) in [4.78, 5) is 11.3. The predicted molar refractivity (Wildman–Crippen MR) is 151 cm³/mol. The van der Waals surface area contributed by atoms with E-state index in [1.54, 1.807) is 0 Å².